The highest BCUT2D eigenvalue weighted by molar-refractivity contribution is 6.30. The van der Waals surface area contributed by atoms with Crippen molar-refractivity contribution in [3.05, 3.63) is 58.6 Å². The van der Waals surface area contributed by atoms with E-state index in [1.165, 1.54) is 0 Å². The first kappa shape index (κ1) is 14.2. The SMILES string of the molecule is CCOc1cccc(C2C[C@H](N)c3cc(Cl)ccc3O2)c1. The third kappa shape index (κ3) is 2.99. The monoisotopic (exact) mass is 303 g/mol. The van der Waals surface area contributed by atoms with Crippen molar-refractivity contribution in [3.8, 4) is 11.5 Å². The third-order valence-electron chi connectivity index (χ3n) is 3.65. The topological polar surface area (TPSA) is 44.5 Å². The van der Waals surface area contributed by atoms with Gasteiger partial charge in [0.05, 0.1) is 6.61 Å². The Hall–Kier alpha value is -1.71. The molecule has 0 aromatic heterocycles. The van der Waals surface area contributed by atoms with E-state index in [2.05, 4.69) is 0 Å². The molecule has 4 heteroatoms. The molecular weight excluding hydrogens is 286 g/mol. The maximum Gasteiger partial charge on any atom is 0.126 e. The van der Waals surface area contributed by atoms with Gasteiger partial charge >= 0.3 is 0 Å². The van der Waals surface area contributed by atoms with E-state index in [4.69, 9.17) is 26.8 Å². The van der Waals surface area contributed by atoms with Crippen molar-refractivity contribution in [1.82, 2.24) is 0 Å². The second-order valence-corrected chi connectivity index (χ2v) is 5.57. The Kier molecular flexibility index (Phi) is 4.04. The summed E-state index contributed by atoms with van der Waals surface area (Å²) in [6.07, 6.45) is 0.664. The van der Waals surface area contributed by atoms with Gasteiger partial charge in [-0.2, -0.15) is 0 Å². The highest BCUT2D eigenvalue weighted by Crippen LogP contribution is 2.41. The molecule has 0 aliphatic carbocycles. The Morgan fingerprint density at radius 2 is 2.14 bits per heavy atom. The predicted molar refractivity (Wildman–Crippen MR) is 84.0 cm³/mol. The standard InChI is InChI=1S/C17H18ClNO2/c1-2-20-13-5-3-4-11(8-13)17-10-15(19)14-9-12(18)6-7-16(14)21-17/h3-9,15,17H,2,10,19H2,1H3/t15-,17?/m0/s1. The van der Waals surface area contributed by atoms with Gasteiger partial charge in [0.25, 0.3) is 0 Å². The molecular formula is C17H18ClNO2. The van der Waals surface area contributed by atoms with Gasteiger partial charge in [0, 0.05) is 23.0 Å². The summed E-state index contributed by atoms with van der Waals surface area (Å²) in [5.74, 6) is 1.67. The number of rotatable bonds is 3. The summed E-state index contributed by atoms with van der Waals surface area (Å²) in [6.45, 7) is 2.62. The van der Waals surface area contributed by atoms with Crippen LogP contribution in [0.4, 0.5) is 0 Å². The first-order chi connectivity index (χ1) is 10.2. The number of nitrogens with two attached hydrogens (primary N) is 1. The summed E-state index contributed by atoms with van der Waals surface area (Å²) < 4.78 is 11.6. The Balaban J connectivity index is 1.88. The zero-order chi connectivity index (χ0) is 14.8. The van der Waals surface area contributed by atoms with Crippen LogP contribution in [0.25, 0.3) is 0 Å². The van der Waals surface area contributed by atoms with Crippen molar-refractivity contribution in [3.63, 3.8) is 0 Å². The molecule has 21 heavy (non-hydrogen) atoms. The molecule has 0 spiro atoms. The molecule has 2 N–H and O–H groups in total. The first-order valence-electron chi connectivity index (χ1n) is 7.12. The second-order valence-electron chi connectivity index (χ2n) is 5.14. The minimum Gasteiger partial charge on any atom is -0.494 e. The number of hydrogen-bond acceptors (Lipinski definition) is 3. The van der Waals surface area contributed by atoms with Gasteiger partial charge in [0.2, 0.25) is 0 Å². The average molecular weight is 304 g/mol. The van der Waals surface area contributed by atoms with Crippen molar-refractivity contribution in [2.45, 2.75) is 25.5 Å². The molecule has 0 fully saturated rings. The lowest BCUT2D eigenvalue weighted by molar-refractivity contribution is 0.161. The summed E-state index contributed by atoms with van der Waals surface area (Å²) >= 11 is 6.02. The van der Waals surface area contributed by atoms with E-state index >= 15 is 0 Å². The van der Waals surface area contributed by atoms with E-state index in [1.54, 1.807) is 0 Å². The molecule has 1 aliphatic rings. The smallest absolute Gasteiger partial charge is 0.126 e. The van der Waals surface area contributed by atoms with E-state index < -0.39 is 0 Å². The third-order valence-corrected chi connectivity index (χ3v) is 3.88. The molecule has 0 saturated carbocycles. The minimum atomic E-state index is -0.0757. The second kappa shape index (κ2) is 5.96. The van der Waals surface area contributed by atoms with Crippen LogP contribution in [0.3, 0.4) is 0 Å². The van der Waals surface area contributed by atoms with Crippen LogP contribution < -0.4 is 15.2 Å². The van der Waals surface area contributed by atoms with Gasteiger partial charge in [0.15, 0.2) is 0 Å². The Labute approximate surface area is 129 Å². The van der Waals surface area contributed by atoms with Crippen molar-refractivity contribution in [1.29, 1.82) is 0 Å². The molecule has 1 heterocycles. The lowest BCUT2D eigenvalue weighted by Crippen LogP contribution is -2.24. The van der Waals surface area contributed by atoms with Crippen LogP contribution in [0.5, 0.6) is 11.5 Å². The number of fused-ring (bicyclic) bond motifs is 1. The molecule has 110 valence electrons. The van der Waals surface area contributed by atoms with Gasteiger partial charge < -0.3 is 15.2 Å². The Bertz CT molecular complexity index is 644. The van der Waals surface area contributed by atoms with Gasteiger partial charge in [-0.1, -0.05) is 23.7 Å². The van der Waals surface area contributed by atoms with Crippen LogP contribution in [-0.2, 0) is 0 Å². The highest BCUT2D eigenvalue weighted by atomic mass is 35.5. The molecule has 0 radical (unpaired) electrons. The lowest BCUT2D eigenvalue weighted by atomic mass is 9.93. The van der Waals surface area contributed by atoms with Crippen molar-refractivity contribution < 1.29 is 9.47 Å². The van der Waals surface area contributed by atoms with Crippen LogP contribution >= 0.6 is 11.6 Å². The maximum atomic E-state index is 6.27. The minimum absolute atomic E-state index is 0.0610. The molecule has 2 aromatic rings. The molecule has 1 unspecified atom stereocenters. The van der Waals surface area contributed by atoms with Crippen LogP contribution in [0.1, 0.15) is 36.6 Å². The van der Waals surface area contributed by atoms with Crippen molar-refractivity contribution >= 4 is 11.6 Å². The van der Waals surface area contributed by atoms with E-state index in [0.29, 0.717) is 11.6 Å². The summed E-state index contributed by atoms with van der Waals surface area (Å²) in [6, 6.07) is 13.5. The largest absolute Gasteiger partial charge is 0.494 e. The maximum absolute atomic E-state index is 6.27. The number of benzene rings is 2. The molecule has 3 nitrogen and oxygen atoms in total. The van der Waals surface area contributed by atoms with Crippen LogP contribution in [-0.4, -0.2) is 6.61 Å². The average Bonchev–Trinajstić information content (AvgIpc) is 2.48. The number of halogens is 1. The molecule has 0 bridgehead atoms. The van der Waals surface area contributed by atoms with Gasteiger partial charge in [0.1, 0.15) is 17.6 Å². The van der Waals surface area contributed by atoms with Crippen LogP contribution in [0.15, 0.2) is 42.5 Å². The quantitative estimate of drug-likeness (QED) is 0.921. The van der Waals surface area contributed by atoms with Crippen LogP contribution in [0.2, 0.25) is 5.02 Å². The Morgan fingerprint density at radius 3 is 2.95 bits per heavy atom. The summed E-state index contributed by atoms with van der Waals surface area (Å²) in [5.41, 5.74) is 8.32. The molecule has 3 rings (SSSR count). The molecule has 2 atom stereocenters. The number of hydrogen-bond donors (Lipinski definition) is 1. The van der Waals surface area contributed by atoms with Crippen LogP contribution in [0, 0.1) is 0 Å². The van der Waals surface area contributed by atoms with Crippen molar-refractivity contribution in [2.24, 2.45) is 5.73 Å². The summed E-state index contributed by atoms with van der Waals surface area (Å²) in [4.78, 5) is 0. The fourth-order valence-electron chi connectivity index (χ4n) is 2.65. The van der Waals surface area contributed by atoms with Gasteiger partial charge in [-0.25, -0.2) is 0 Å². The zero-order valence-corrected chi connectivity index (χ0v) is 12.6. The van der Waals surface area contributed by atoms with Gasteiger partial charge in [-0.15, -0.1) is 0 Å². The van der Waals surface area contributed by atoms with E-state index in [-0.39, 0.29) is 12.1 Å². The molecule has 0 amide bonds. The zero-order valence-electron chi connectivity index (χ0n) is 11.9. The van der Waals surface area contributed by atoms with Gasteiger partial charge in [-0.05, 0) is 42.8 Å². The Morgan fingerprint density at radius 1 is 1.29 bits per heavy atom. The fraction of sp³-hybridized carbons (Fsp3) is 0.294. The molecule has 2 aromatic carbocycles. The summed E-state index contributed by atoms with van der Waals surface area (Å²) in [7, 11) is 0. The predicted octanol–water partition coefficient (Wildman–Crippen LogP) is 4.26. The molecule has 0 saturated heterocycles. The fourth-order valence-corrected chi connectivity index (χ4v) is 2.83. The van der Waals surface area contributed by atoms with E-state index in [1.807, 2.05) is 49.4 Å². The normalized spacial score (nSPS) is 20.5. The van der Waals surface area contributed by atoms with E-state index in [9.17, 15) is 0 Å². The number of ether oxygens (including phenoxy) is 2. The van der Waals surface area contributed by atoms with Crippen molar-refractivity contribution in [2.75, 3.05) is 6.61 Å². The van der Waals surface area contributed by atoms with Gasteiger partial charge in [-0.3, -0.25) is 0 Å². The molecule has 1 aliphatic heterocycles. The highest BCUT2D eigenvalue weighted by Gasteiger charge is 2.27. The summed E-state index contributed by atoms with van der Waals surface area (Å²) in [5, 5.41) is 0.685. The lowest BCUT2D eigenvalue weighted by Gasteiger charge is -2.30. The first-order valence-corrected chi connectivity index (χ1v) is 7.49. The van der Waals surface area contributed by atoms with E-state index in [0.717, 1.165) is 29.0 Å².